The summed E-state index contributed by atoms with van der Waals surface area (Å²) in [6.45, 7) is 2.73. The molecule has 0 fully saturated rings. The monoisotopic (exact) mass is 233 g/mol. The summed E-state index contributed by atoms with van der Waals surface area (Å²) < 4.78 is 5.59. The SMILES string of the molecule is CNCC(C)Oc1cccc(Cl)c1Cl. The molecule has 78 valence electrons. The number of likely N-dealkylation sites (N-methyl/N-ethyl adjacent to an activating group) is 1. The van der Waals surface area contributed by atoms with Crippen LogP contribution in [0.3, 0.4) is 0 Å². The first-order valence-electron chi connectivity index (χ1n) is 4.40. The first-order valence-corrected chi connectivity index (χ1v) is 5.16. The molecule has 0 bridgehead atoms. The zero-order valence-corrected chi connectivity index (χ0v) is 9.69. The van der Waals surface area contributed by atoms with Crippen molar-refractivity contribution in [1.82, 2.24) is 5.32 Å². The first-order chi connectivity index (χ1) is 6.65. The molecule has 0 heterocycles. The third-order valence-corrected chi connectivity index (χ3v) is 2.54. The molecule has 0 saturated heterocycles. The molecular formula is C10H13Cl2NO. The molecule has 0 amide bonds. The molecule has 14 heavy (non-hydrogen) atoms. The van der Waals surface area contributed by atoms with E-state index in [2.05, 4.69) is 5.32 Å². The van der Waals surface area contributed by atoms with Crippen LogP contribution in [0.15, 0.2) is 18.2 Å². The van der Waals surface area contributed by atoms with Crippen LogP contribution in [0.5, 0.6) is 5.75 Å². The number of halogens is 2. The summed E-state index contributed by atoms with van der Waals surface area (Å²) in [4.78, 5) is 0. The van der Waals surface area contributed by atoms with Crippen LogP contribution in [0.2, 0.25) is 10.0 Å². The van der Waals surface area contributed by atoms with Crippen molar-refractivity contribution in [2.45, 2.75) is 13.0 Å². The number of rotatable bonds is 4. The molecule has 1 atom stereocenters. The molecule has 1 N–H and O–H groups in total. The lowest BCUT2D eigenvalue weighted by atomic mass is 10.3. The quantitative estimate of drug-likeness (QED) is 0.864. The van der Waals surface area contributed by atoms with Crippen molar-refractivity contribution in [1.29, 1.82) is 0 Å². The molecule has 1 aromatic rings. The molecule has 2 nitrogen and oxygen atoms in total. The van der Waals surface area contributed by atoms with E-state index in [-0.39, 0.29) is 6.10 Å². The number of benzene rings is 1. The zero-order chi connectivity index (χ0) is 10.6. The Bertz CT molecular complexity index is 304. The standard InChI is InChI=1S/C10H13Cl2NO/c1-7(6-13-2)14-9-5-3-4-8(11)10(9)12/h3-5,7,13H,6H2,1-2H3. The van der Waals surface area contributed by atoms with Gasteiger partial charge in [0.2, 0.25) is 0 Å². The van der Waals surface area contributed by atoms with E-state index < -0.39 is 0 Å². The summed E-state index contributed by atoms with van der Waals surface area (Å²) >= 11 is 11.8. The molecule has 0 saturated carbocycles. The van der Waals surface area contributed by atoms with Crippen LogP contribution >= 0.6 is 23.2 Å². The van der Waals surface area contributed by atoms with Gasteiger partial charge in [-0.15, -0.1) is 0 Å². The lowest BCUT2D eigenvalue weighted by molar-refractivity contribution is 0.221. The van der Waals surface area contributed by atoms with Crippen LogP contribution in [-0.4, -0.2) is 19.7 Å². The van der Waals surface area contributed by atoms with Crippen LogP contribution in [0.25, 0.3) is 0 Å². The Morgan fingerprint density at radius 3 is 2.79 bits per heavy atom. The van der Waals surface area contributed by atoms with E-state index in [4.69, 9.17) is 27.9 Å². The summed E-state index contributed by atoms with van der Waals surface area (Å²) in [7, 11) is 1.87. The number of hydrogen-bond donors (Lipinski definition) is 1. The van der Waals surface area contributed by atoms with E-state index in [0.717, 1.165) is 6.54 Å². The summed E-state index contributed by atoms with van der Waals surface area (Å²) in [6.07, 6.45) is 0.0657. The Labute approximate surface area is 94.2 Å². The summed E-state index contributed by atoms with van der Waals surface area (Å²) in [5.74, 6) is 0.627. The van der Waals surface area contributed by atoms with Crippen molar-refractivity contribution >= 4 is 23.2 Å². The Balaban J connectivity index is 2.71. The highest BCUT2D eigenvalue weighted by atomic mass is 35.5. The van der Waals surface area contributed by atoms with Gasteiger partial charge in [-0.05, 0) is 26.1 Å². The van der Waals surface area contributed by atoms with Crippen LogP contribution in [0.4, 0.5) is 0 Å². The number of nitrogens with one attached hydrogen (secondary N) is 1. The van der Waals surface area contributed by atoms with Gasteiger partial charge in [0.1, 0.15) is 16.9 Å². The third-order valence-electron chi connectivity index (χ3n) is 1.74. The minimum Gasteiger partial charge on any atom is -0.488 e. The molecular weight excluding hydrogens is 221 g/mol. The molecule has 0 aliphatic rings. The van der Waals surface area contributed by atoms with E-state index in [9.17, 15) is 0 Å². The predicted molar refractivity (Wildman–Crippen MR) is 60.5 cm³/mol. The van der Waals surface area contributed by atoms with E-state index >= 15 is 0 Å². The van der Waals surface area contributed by atoms with Gasteiger partial charge < -0.3 is 10.1 Å². The summed E-state index contributed by atoms with van der Waals surface area (Å²) in [6, 6.07) is 5.36. The van der Waals surface area contributed by atoms with Crippen molar-refractivity contribution in [3.8, 4) is 5.75 Å². The fourth-order valence-electron chi connectivity index (χ4n) is 1.12. The second-order valence-electron chi connectivity index (χ2n) is 3.04. The molecule has 1 unspecified atom stereocenters. The minimum atomic E-state index is 0.0657. The van der Waals surface area contributed by atoms with Gasteiger partial charge in [-0.3, -0.25) is 0 Å². The van der Waals surface area contributed by atoms with E-state index in [1.54, 1.807) is 12.1 Å². The summed E-state index contributed by atoms with van der Waals surface area (Å²) in [5.41, 5.74) is 0. The zero-order valence-electron chi connectivity index (χ0n) is 8.18. The average Bonchev–Trinajstić information content (AvgIpc) is 2.13. The van der Waals surface area contributed by atoms with Crippen molar-refractivity contribution in [3.05, 3.63) is 28.2 Å². The Morgan fingerprint density at radius 2 is 2.14 bits per heavy atom. The van der Waals surface area contributed by atoms with Gasteiger partial charge >= 0.3 is 0 Å². The molecule has 1 aromatic carbocycles. The molecule has 0 aromatic heterocycles. The molecule has 0 aliphatic heterocycles. The highest BCUT2D eigenvalue weighted by molar-refractivity contribution is 6.42. The maximum Gasteiger partial charge on any atom is 0.139 e. The first kappa shape index (κ1) is 11.6. The van der Waals surface area contributed by atoms with Crippen LogP contribution < -0.4 is 10.1 Å². The van der Waals surface area contributed by atoms with Gasteiger partial charge in [0.05, 0.1) is 5.02 Å². The van der Waals surface area contributed by atoms with E-state index in [1.807, 2.05) is 20.0 Å². The molecule has 1 rings (SSSR count). The minimum absolute atomic E-state index is 0.0657. The highest BCUT2D eigenvalue weighted by Crippen LogP contribution is 2.31. The smallest absolute Gasteiger partial charge is 0.139 e. The van der Waals surface area contributed by atoms with Crippen LogP contribution in [0.1, 0.15) is 6.92 Å². The topological polar surface area (TPSA) is 21.3 Å². The second-order valence-corrected chi connectivity index (χ2v) is 3.82. The fraction of sp³-hybridized carbons (Fsp3) is 0.400. The third kappa shape index (κ3) is 3.05. The second kappa shape index (κ2) is 5.44. The van der Waals surface area contributed by atoms with Gasteiger partial charge in [-0.25, -0.2) is 0 Å². The van der Waals surface area contributed by atoms with E-state index in [0.29, 0.717) is 15.8 Å². The lowest BCUT2D eigenvalue weighted by Gasteiger charge is -2.15. The molecule has 0 spiro atoms. The van der Waals surface area contributed by atoms with Gasteiger partial charge in [0.15, 0.2) is 0 Å². The predicted octanol–water partition coefficient (Wildman–Crippen LogP) is 2.98. The Hall–Kier alpha value is -0.440. The van der Waals surface area contributed by atoms with Gasteiger partial charge in [-0.2, -0.15) is 0 Å². The largest absolute Gasteiger partial charge is 0.488 e. The van der Waals surface area contributed by atoms with Crippen molar-refractivity contribution in [3.63, 3.8) is 0 Å². The highest BCUT2D eigenvalue weighted by Gasteiger charge is 2.08. The maximum atomic E-state index is 5.96. The van der Waals surface area contributed by atoms with Crippen molar-refractivity contribution in [2.24, 2.45) is 0 Å². The number of hydrogen-bond acceptors (Lipinski definition) is 2. The van der Waals surface area contributed by atoms with Crippen molar-refractivity contribution < 1.29 is 4.74 Å². The fourth-order valence-corrected chi connectivity index (χ4v) is 1.46. The average molecular weight is 234 g/mol. The van der Waals surface area contributed by atoms with Crippen LogP contribution in [-0.2, 0) is 0 Å². The number of ether oxygens (including phenoxy) is 1. The normalized spacial score (nSPS) is 12.6. The van der Waals surface area contributed by atoms with Gasteiger partial charge in [0, 0.05) is 6.54 Å². The Morgan fingerprint density at radius 1 is 1.43 bits per heavy atom. The van der Waals surface area contributed by atoms with Gasteiger partial charge in [0.25, 0.3) is 0 Å². The van der Waals surface area contributed by atoms with Gasteiger partial charge in [-0.1, -0.05) is 29.3 Å². The summed E-state index contributed by atoms with van der Waals surface area (Å²) in [5, 5.41) is 4.00. The van der Waals surface area contributed by atoms with Crippen LogP contribution in [0, 0.1) is 0 Å². The lowest BCUT2D eigenvalue weighted by Crippen LogP contribution is -2.26. The van der Waals surface area contributed by atoms with E-state index in [1.165, 1.54) is 0 Å². The molecule has 0 radical (unpaired) electrons. The molecule has 4 heteroatoms. The Kier molecular flexibility index (Phi) is 4.52. The van der Waals surface area contributed by atoms with Crippen molar-refractivity contribution in [2.75, 3.05) is 13.6 Å². The molecule has 0 aliphatic carbocycles. The maximum absolute atomic E-state index is 5.96.